The van der Waals surface area contributed by atoms with Crippen LogP contribution in [0.5, 0.6) is 0 Å². The van der Waals surface area contributed by atoms with Crippen LogP contribution in [0.25, 0.3) is 0 Å². The van der Waals surface area contributed by atoms with Crippen molar-refractivity contribution < 1.29 is 4.74 Å². The van der Waals surface area contributed by atoms with E-state index in [4.69, 9.17) is 4.74 Å². The Labute approximate surface area is 128 Å². The summed E-state index contributed by atoms with van der Waals surface area (Å²) < 4.78 is 10.4. The third-order valence-electron chi connectivity index (χ3n) is 4.24. The van der Waals surface area contributed by atoms with E-state index >= 15 is 0 Å². The van der Waals surface area contributed by atoms with Gasteiger partial charge in [0.15, 0.2) is 0 Å². The average molecular weight is 301 g/mol. The Morgan fingerprint density at radius 2 is 2.05 bits per heavy atom. The van der Waals surface area contributed by atoms with Gasteiger partial charge < -0.3 is 10.1 Å². The molecule has 1 saturated heterocycles. The minimum Gasteiger partial charge on any atom is -0.373 e. The molecule has 1 N–H and O–H groups in total. The average Bonchev–Trinajstić information content (AvgIpc) is 3.10. The molecule has 1 aromatic heterocycles. The maximum Gasteiger partial charge on any atom is 0.202 e. The minimum absolute atomic E-state index is 0.203. The Kier molecular flexibility index (Phi) is 3.61. The number of nitrogens with zero attached hydrogens (tertiary/aromatic N) is 2. The molecule has 2 atom stereocenters. The fourth-order valence-corrected chi connectivity index (χ4v) is 3.54. The van der Waals surface area contributed by atoms with Crippen molar-refractivity contribution in [3.63, 3.8) is 0 Å². The van der Waals surface area contributed by atoms with Crippen LogP contribution in [0.4, 0.5) is 5.13 Å². The van der Waals surface area contributed by atoms with Crippen LogP contribution in [0.15, 0.2) is 30.3 Å². The SMILES string of the molecule is c1ccc([C@H]2OCC[C@@H]2CNc2nc(C3CC3)ns2)cc1. The van der Waals surface area contributed by atoms with Gasteiger partial charge in [0.05, 0.1) is 6.10 Å². The summed E-state index contributed by atoms with van der Waals surface area (Å²) in [4.78, 5) is 4.59. The zero-order valence-electron chi connectivity index (χ0n) is 11.9. The molecular formula is C16H19N3OS. The van der Waals surface area contributed by atoms with Gasteiger partial charge in [-0.15, -0.1) is 0 Å². The van der Waals surface area contributed by atoms with E-state index in [9.17, 15) is 0 Å². The Hall–Kier alpha value is -1.46. The molecule has 2 aliphatic rings. The lowest BCUT2D eigenvalue weighted by Gasteiger charge is -2.19. The summed E-state index contributed by atoms with van der Waals surface area (Å²) in [6, 6.07) is 10.5. The molecule has 4 nitrogen and oxygen atoms in total. The maximum atomic E-state index is 5.92. The summed E-state index contributed by atoms with van der Waals surface area (Å²) >= 11 is 1.49. The second-order valence-corrected chi connectivity index (χ2v) is 6.62. The van der Waals surface area contributed by atoms with Crippen LogP contribution in [0.1, 0.15) is 42.7 Å². The van der Waals surface area contributed by atoms with Crippen molar-refractivity contribution in [1.82, 2.24) is 9.36 Å². The molecule has 0 unspecified atom stereocenters. The van der Waals surface area contributed by atoms with Crippen molar-refractivity contribution in [2.24, 2.45) is 5.92 Å². The molecule has 1 aromatic carbocycles. The van der Waals surface area contributed by atoms with Gasteiger partial charge in [0, 0.05) is 36.5 Å². The van der Waals surface area contributed by atoms with Crippen molar-refractivity contribution >= 4 is 16.7 Å². The first kappa shape index (κ1) is 13.2. The van der Waals surface area contributed by atoms with Crippen molar-refractivity contribution in [2.45, 2.75) is 31.3 Å². The van der Waals surface area contributed by atoms with E-state index in [0.29, 0.717) is 11.8 Å². The first-order valence-corrected chi connectivity index (χ1v) is 8.41. The highest BCUT2D eigenvalue weighted by Gasteiger charge is 2.30. The van der Waals surface area contributed by atoms with Crippen LogP contribution in [0, 0.1) is 5.92 Å². The van der Waals surface area contributed by atoms with Gasteiger partial charge in [-0.25, -0.2) is 4.98 Å². The summed E-state index contributed by atoms with van der Waals surface area (Å²) in [5, 5.41) is 4.41. The molecule has 2 heterocycles. The molecule has 1 saturated carbocycles. The Morgan fingerprint density at radius 3 is 2.86 bits per heavy atom. The fraction of sp³-hybridized carbons (Fsp3) is 0.500. The van der Waals surface area contributed by atoms with E-state index in [1.54, 1.807) is 0 Å². The topological polar surface area (TPSA) is 47.0 Å². The molecule has 1 aliphatic heterocycles. The van der Waals surface area contributed by atoms with Crippen molar-refractivity contribution in [1.29, 1.82) is 0 Å². The molecule has 0 radical (unpaired) electrons. The van der Waals surface area contributed by atoms with Gasteiger partial charge in [0.25, 0.3) is 0 Å². The predicted molar refractivity (Wildman–Crippen MR) is 83.6 cm³/mol. The second-order valence-electron chi connectivity index (χ2n) is 5.86. The first-order valence-electron chi connectivity index (χ1n) is 7.64. The van der Waals surface area contributed by atoms with Crippen LogP contribution >= 0.6 is 11.5 Å². The van der Waals surface area contributed by atoms with E-state index in [-0.39, 0.29) is 6.10 Å². The largest absolute Gasteiger partial charge is 0.373 e. The number of hydrogen-bond acceptors (Lipinski definition) is 5. The minimum atomic E-state index is 0.203. The van der Waals surface area contributed by atoms with Gasteiger partial charge in [-0.05, 0) is 24.8 Å². The summed E-state index contributed by atoms with van der Waals surface area (Å²) in [6.07, 6.45) is 3.81. The lowest BCUT2D eigenvalue weighted by molar-refractivity contribution is 0.0933. The zero-order chi connectivity index (χ0) is 14.1. The van der Waals surface area contributed by atoms with Gasteiger partial charge in [-0.1, -0.05) is 30.3 Å². The van der Waals surface area contributed by atoms with E-state index in [2.05, 4.69) is 38.9 Å². The van der Waals surface area contributed by atoms with E-state index in [1.165, 1.54) is 29.9 Å². The monoisotopic (exact) mass is 301 g/mol. The predicted octanol–water partition coefficient (Wildman–Crippen LogP) is 3.61. The van der Waals surface area contributed by atoms with Crippen LogP contribution in [0.3, 0.4) is 0 Å². The van der Waals surface area contributed by atoms with Gasteiger partial charge in [0.2, 0.25) is 5.13 Å². The molecule has 0 spiro atoms. The maximum absolute atomic E-state index is 5.92. The fourth-order valence-electron chi connectivity index (χ4n) is 2.89. The van der Waals surface area contributed by atoms with Crippen LogP contribution < -0.4 is 5.32 Å². The molecule has 1 aliphatic carbocycles. The number of aromatic nitrogens is 2. The lowest BCUT2D eigenvalue weighted by atomic mass is 9.95. The Bertz CT molecular complexity index is 597. The van der Waals surface area contributed by atoms with Crippen LogP contribution in [0.2, 0.25) is 0 Å². The van der Waals surface area contributed by atoms with Crippen molar-refractivity contribution in [3.8, 4) is 0 Å². The standard InChI is InChI=1S/C16H19N3OS/c1-2-4-11(5-3-1)14-13(8-9-20-14)10-17-16-18-15(19-21-16)12-6-7-12/h1-5,12-14H,6-10H2,(H,17,18,19)/t13-,14-/m1/s1. The van der Waals surface area contributed by atoms with Crippen LogP contribution in [-0.4, -0.2) is 22.5 Å². The quantitative estimate of drug-likeness (QED) is 0.916. The molecule has 5 heteroatoms. The number of anilines is 1. The lowest BCUT2D eigenvalue weighted by Crippen LogP contribution is -2.17. The zero-order valence-corrected chi connectivity index (χ0v) is 12.7. The second kappa shape index (κ2) is 5.73. The third kappa shape index (κ3) is 2.94. The smallest absolute Gasteiger partial charge is 0.202 e. The van der Waals surface area contributed by atoms with E-state index < -0.39 is 0 Å². The van der Waals surface area contributed by atoms with Crippen molar-refractivity contribution in [3.05, 3.63) is 41.7 Å². The van der Waals surface area contributed by atoms with Crippen LogP contribution in [-0.2, 0) is 4.74 Å². The molecule has 4 rings (SSSR count). The Morgan fingerprint density at radius 1 is 1.19 bits per heavy atom. The number of ether oxygens (including phenoxy) is 1. The molecule has 110 valence electrons. The highest BCUT2D eigenvalue weighted by Crippen LogP contribution is 2.39. The molecule has 0 amide bonds. The normalized spacial score (nSPS) is 25.1. The molecule has 2 aromatic rings. The molecular weight excluding hydrogens is 282 g/mol. The summed E-state index contributed by atoms with van der Waals surface area (Å²) in [6.45, 7) is 1.74. The molecule has 0 bridgehead atoms. The van der Waals surface area contributed by atoms with Gasteiger partial charge in [-0.3, -0.25) is 0 Å². The van der Waals surface area contributed by atoms with E-state index in [1.807, 2.05) is 6.07 Å². The third-order valence-corrected chi connectivity index (χ3v) is 4.93. The van der Waals surface area contributed by atoms with Gasteiger partial charge in [0.1, 0.15) is 5.82 Å². The van der Waals surface area contributed by atoms with Gasteiger partial charge in [-0.2, -0.15) is 4.37 Å². The summed E-state index contributed by atoms with van der Waals surface area (Å²) in [7, 11) is 0. The number of hydrogen-bond donors (Lipinski definition) is 1. The number of rotatable bonds is 5. The molecule has 21 heavy (non-hydrogen) atoms. The first-order chi connectivity index (χ1) is 10.4. The summed E-state index contributed by atoms with van der Waals surface area (Å²) in [5.41, 5.74) is 1.28. The Balaban J connectivity index is 1.39. The highest BCUT2D eigenvalue weighted by atomic mass is 32.1. The van der Waals surface area contributed by atoms with Crippen molar-refractivity contribution in [2.75, 3.05) is 18.5 Å². The number of nitrogens with one attached hydrogen (secondary N) is 1. The van der Waals surface area contributed by atoms with Gasteiger partial charge >= 0.3 is 0 Å². The molecule has 2 fully saturated rings. The summed E-state index contributed by atoms with van der Waals surface area (Å²) in [5.74, 6) is 2.16. The number of benzene rings is 1. The highest BCUT2D eigenvalue weighted by molar-refractivity contribution is 7.09. The van der Waals surface area contributed by atoms with E-state index in [0.717, 1.165) is 30.5 Å².